The third kappa shape index (κ3) is 13.3. The average molecular weight is 556 g/mol. The molecule has 220 valence electrons. The molecule has 1 aliphatic heterocycles. The number of rotatable bonds is 13. The van der Waals surface area contributed by atoms with E-state index in [1.807, 2.05) is 71.9 Å². The van der Waals surface area contributed by atoms with Gasteiger partial charge in [0, 0.05) is 36.8 Å². The van der Waals surface area contributed by atoms with E-state index in [9.17, 15) is 19.2 Å². The first kappa shape index (κ1) is 34.1. The lowest BCUT2D eigenvalue weighted by Crippen LogP contribution is -2.52. The minimum absolute atomic E-state index is 0.0417. The summed E-state index contributed by atoms with van der Waals surface area (Å²) in [5.41, 5.74) is 6.17. The van der Waals surface area contributed by atoms with Crippen molar-refractivity contribution in [2.45, 2.75) is 86.0 Å². The zero-order valence-electron chi connectivity index (χ0n) is 24.7. The van der Waals surface area contributed by atoms with Gasteiger partial charge in [-0.1, -0.05) is 81.9 Å². The van der Waals surface area contributed by atoms with Crippen LogP contribution in [0.3, 0.4) is 0 Å². The van der Waals surface area contributed by atoms with Gasteiger partial charge in [-0.2, -0.15) is 0 Å². The maximum atomic E-state index is 12.8. The fraction of sp³-hybridized carbons (Fsp3) is 0.484. The molecule has 4 N–H and O–H groups in total. The van der Waals surface area contributed by atoms with E-state index >= 15 is 0 Å². The van der Waals surface area contributed by atoms with E-state index in [0.717, 1.165) is 5.57 Å². The molecule has 40 heavy (non-hydrogen) atoms. The van der Waals surface area contributed by atoms with Crippen LogP contribution in [0.5, 0.6) is 0 Å². The molecular formula is C31H45N3O6. The normalized spacial score (nSPS) is 19.0. The number of cyclic esters (lactones) is 1. The zero-order chi connectivity index (χ0) is 30.3. The fourth-order valence-electron chi connectivity index (χ4n) is 3.86. The molecular weight excluding hydrogens is 510 g/mol. The highest BCUT2D eigenvalue weighted by atomic mass is 16.6. The van der Waals surface area contributed by atoms with Crippen LogP contribution >= 0.6 is 0 Å². The number of allylic oxidation sites excluding steroid dienone is 5. The van der Waals surface area contributed by atoms with Crippen molar-refractivity contribution in [1.29, 1.82) is 0 Å². The molecule has 0 aromatic carbocycles. The highest BCUT2D eigenvalue weighted by molar-refractivity contribution is 5.93. The van der Waals surface area contributed by atoms with E-state index < -0.39 is 29.6 Å². The summed E-state index contributed by atoms with van der Waals surface area (Å²) in [6, 6.07) is -0.794. The van der Waals surface area contributed by atoms with Crippen molar-refractivity contribution in [2.75, 3.05) is 0 Å². The molecule has 0 aromatic rings. The van der Waals surface area contributed by atoms with E-state index in [2.05, 4.69) is 10.6 Å². The van der Waals surface area contributed by atoms with E-state index in [4.69, 9.17) is 15.2 Å². The SMILES string of the molecule is C/C=C\CC(C/C=C\NC(=O)C(NC(=O)\C=C/C=C\C(C)=C\C(C)C1CC=C(C)C(=O)O1)C(C)(C)C)OC(N)=O. The summed E-state index contributed by atoms with van der Waals surface area (Å²) in [5.74, 6) is -1.01. The molecule has 1 aliphatic rings. The molecule has 0 radical (unpaired) electrons. The monoisotopic (exact) mass is 555 g/mol. The lowest BCUT2D eigenvalue weighted by molar-refractivity contribution is -0.147. The number of nitrogens with one attached hydrogen (secondary N) is 2. The predicted molar refractivity (Wildman–Crippen MR) is 157 cm³/mol. The third-order valence-corrected chi connectivity index (χ3v) is 6.14. The number of nitrogens with two attached hydrogens (primary N) is 1. The topological polar surface area (TPSA) is 137 Å². The summed E-state index contributed by atoms with van der Waals surface area (Å²) in [5, 5.41) is 5.45. The Morgan fingerprint density at radius 2 is 1.82 bits per heavy atom. The zero-order valence-corrected chi connectivity index (χ0v) is 24.7. The second-order valence-electron chi connectivity index (χ2n) is 10.9. The molecule has 0 saturated carbocycles. The lowest BCUT2D eigenvalue weighted by atomic mass is 9.86. The summed E-state index contributed by atoms with van der Waals surface area (Å²) in [6.07, 6.45) is 17.4. The number of carbonyl (C=O) groups excluding carboxylic acids is 4. The molecule has 3 amide bonds. The van der Waals surface area contributed by atoms with Crippen molar-refractivity contribution >= 4 is 23.9 Å². The first-order chi connectivity index (χ1) is 18.7. The third-order valence-electron chi connectivity index (χ3n) is 6.14. The molecule has 0 bridgehead atoms. The van der Waals surface area contributed by atoms with Gasteiger partial charge in [-0.15, -0.1) is 0 Å². The Kier molecular flexibility index (Phi) is 14.5. The summed E-state index contributed by atoms with van der Waals surface area (Å²) in [4.78, 5) is 48.2. The van der Waals surface area contributed by atoms with Gasteiger partial charge in [0.25, 0.3) is 0 Å². The van der Waals surface area contributed by atoms with E-state index in [1.54, 1.807) is 25.2 Å². The van der Waals surface area contributed by atoms with Crippen LogP contribution in [0.4, 0.5) is 4.79 Å². The Labute approximate surface area is 238 Å². The Morgan fingerprint density at radius 3 is 2.42 bits per heavy atom. The summed E-state index contributed by atoms with van der Waals surface area (Å²) in [6.45, 7) is 13.1. The second-order valence-corrected chi connectivity index (χ2v) is 10.9. The number of esters is 1. The van der Waals surface area contributed by atoms with Crippen molar-refractivity contribution in [3.63, 3.8) is 0 Å². The molecule has 0 fully saturated rings. The quantitative estimate of drug-likeness (QED) is 0.128. The molecule has 9 heteroatoms. The number of ether oxygens (including phenoxy) is 2. The Balaban J connectivity index is 2.68. The van der Waals surface area contributed by atoms with E-state index in [1.165, 1.54) is 12.3 Å². The van der Waals surface area contributed by atoms with Crippen molar-refractivity contribution in [3.8, 4) is 0 Å². The second kappa shape index (κ2) is 16.9. The highest BCUT2D eigenvalue weighted by Crippen LogP contribution is 2.22. The Morgan fingerprint density at radius 1 is 1.18 bits per heavy atom. The average Bonchev–Trinajstić information content (AvgIpc) is 2.86. The minimum Gasteiger partial charge on any atom is -0.458 e. The molecule has 1 heterocycles. The van der Waals surface area contributed by atoms with Gasteiger partial charge < -0.3 is 25.8 Å². The lowest BCUT2D eigenvalue weighted by Gasteiger charge is -2.29. The number of carbonyl (C=O) groups is 4. The standard InChI is InChI=1S/C31H45N3O6/c1-8-9-14-24(39-30(32)38)15-12-19-33-28(36)27(31(5,6)7)34-26(35)16-11-10-13-21(2)20-23(4)25-18-17-22(3)29(37)40-25/h8-13,16-17,19-20,23-25,27H,14-15,18H2,1-7H3,(H2,32,38)(H,33,36)(H,34,35)/b9-8-,13-10-,16-11-,19-12-,21-20+. The van der Waals surface area contributed by atoms with Crippen LogP contribution in [0.15, 0.2) is 72.0 Å². The van der Waals surface area contributed by atoms with Gasteiger partial charge >= 0.3 is 12.1 Å². The molecule has 0 aromatic heterocycles. The molecule has 4 unspecified atom stereocenters. The number of amides is 3. The highest BCUT2D eigenvalue weighted by Gasteiger charge is 2.32. The van der Waals surface area contributed by atoms with Crippen LogP contribution in [-0.4, -0.2) is 42.1 Å². The maximum absolute atomic E-state index is 12.8. The van der Waals surface area contributed by atoms with Gasteiger partial charge in [-0.25, -0.2) is 9.59 Å². The van der Waals surface area contributed by atoms with Crippen LogP contribution in [0.2, 0.25) is 0 Å². The van der Waals surface area contributed by atoms with Crippen LogP contribution in [0.1, 0.15) is 67.7 Å². The molecule has 9 nitrogen and oxygen atoms in total. The van der Waals surface area contributed by atoms with Crippen LogP contribution in [-0.2, 0) is 23.9 Å². The minimum atomic E-state index is -0.856. The van der Waals surface area contributed by atoms with Gasteiger partial charge in [-0.3, -0.25) is 9.59 Å². The molecule has 0 spiro atoms. The van der Waals surface area contributed by atoms with Gasteiger partial charge in [0.2, 0.25) is 11.8 Å². The predicted octanol–water partition coefficient (Wildman–Crippen LogP) is 4.92. The number of primary amides is 1. The summed E-state index contributed by atoms with van der Waals surface area (Å²) >= 11 is 0. The van der Waals surface area contributed by atoms with Gasteiger partial charge in [0.15, 0.2) is 0 Å². The Bertz CT molecular complexity index is 1080. The first-order valence-electron chi connectivity index (χ1n) is 13.5. The Hall–Kier alpha value is -3.88. The number of hydrogen-bond acceptors (Lipinski definition) is 6. The molecule has 4 atom stereocenters. The van der Waals surface area contributed by atoms with Crippen molar-refractivity contribution in [1.82, 2.24) is 10.6 Å². The smallest absolute Gasteiger partial charge is 0.404 e. The van der Waals surface area contributed by atoms with E-state index in [-0.39, 0.29) is 23.9 Å². The van der Waals surface area contributed by atoms with Gasteiger partial charge in [0.1, 0.15) is 18.2 Å². The first-order valence-corrected chi connectivity index (χ1v) is 13.5. The van der Waals surface area contributed by atoms with Crippen LogP contribution < -0.4 is 16.4 Å². The van der Waals surface area contributed by atoms with Gasteiger partial charge in [0.05, 0.1) is 0 Å². The molecule has 0 aliphatic carbocycles. The number of hydrogen-bond donors (Lipinski definition) is 3. The van der Waals surface area contributed by atoms with Crippen LogP contribution in [0, 0.1) is 11.3 Å². The van der Waals surface area contributed by atoms with Gasteiger partial charge in [-0.05, 0) is 32.4 Å². The van der Waals surface area contributed by atoms with E-state index in [0.29, 0.717) is 24.8 Å². The molecule has 0 saturated heterocycles. The summed E-state index contributed by atoms with van der Waals surface area (Å²) in [7, 11) is 0. The summed E-state index contributed by atoms with van der Waals surface area (Å²) < 4.78 is 10.5. The molecule has 1 rings (SSSR count). The van der Waals surface area contributed by atoms with Crippen molar-refractivity contribution < 1.29 is 28.7 Å². The maximum Gasteiger partial charge on any atom is 0.404 e. The van der Waals surface area contributed by atoms with Crippen molar-refractivity contribution in [3.05, 3.63) is 72.0 Å². The fourth-order valence-corrected chi connectivity index (χ4v) is 3.86. The van der Waals surface area contributed by atoms with Crippen LogP contribution in [0.25, 0.3) is 0 Å². The van der Waals surface area contributed by atoms with Crippen molar-refractivity contribution in [2.24, 2.45) is 17.1 Å². The largest absolute Gasteiger partial charge is 0.458 e.